The molecule has 12 heteroatoms. The zero-order valence-electron chi connectivity index (χ0n) is 16.8. The number of carboxylic acid groups (broad SMARTS) is 1. The summed E-state index contributed by atoms with van der Waals surface area (Å²) in [5.41, 5.74) is 7.62. The van der Waals surface area contributed by atoms with Crippen LogP contribution in [0.5, 0.6) is 0 Å². The molecule has 0 amide bonds. The van der Waals surface area contributed by atoms with Crippen molar-refractivity contribution in [3.05, 3.63) is 47.6 Å². The van der Waals surface area contributed by atoms with Crippen molar-refractivity contribution in [2.45, 2.75) is 43.9 Å². The second kappa shape index (κ2) is 10.0. The molecule has 1 saturated carbocycles. The molecule has 4 rings (SSSR count). The van der Waals surface area contributed by atoms with Crippen LogP contribution in [0.2, 0.25) is 5.02 Å². The lowest BCUT2D eigenvalue weighted by Gasteiger charge is -2.27. The molecule has 2 heterocycles. The van der Waals surface area contributed by atoms with E-state index < -0.39 is 12.1 Å². The summed E-state index contributed by atoms with van der Waals surface area (Å²) in [6.07, 6.45) is 0.902. The molecule has 1 fully saturated rings. The largest absolute Gasteiger partial charge is 0.490 e. The maximum atomic E-state index is 10.6. The number of halogens is 4. The Balaban J connectivity index is 0.000000360. The summed E-state index contributed by atoms with van der Waals surface area (Å²) >= 11 is 6.27. The van der Waals surface area contributed by atoms with E-state index in [2.05, 4.69) is 20.7 Å². The number of alkyl halides is 3. The van der Waals surface area contributed by atoms with Gasteiger partial charge in [-0.2, -0.15) is 22.8 Å². The minimum Gasteiger partial charge on any atom is -0.475 e. The van der Waals surface area contributed by atoms with Crippen LogP contribution in [-0.4, -0.2) is 43.9 Å². The normalized spacial score (nSPS) is 18.5. The van der Waals surface area contributed by atoms with Crippen LogP contribution in [0.15, 0.2) is 42.6 Å². The second-order valence-electron chi connectivity index (χ2n) is 7.29. The zero-order chi connectivity index (χ0) is 23.3. The number of para-hydroxylation sites is 1. The monoisotopic (exact) mass is 470 g/mol. The fourth-order valence-electron chi connectivity index (χ4n) is 3.25. The molecular weight excluding hydrogens is 449 g/mol. The number of nitrogens with one attached hydrogen (secondary N) is 2. The first-order chi connectivity index (χ1) is 15.1. The van der Waals surface area contributed by atoms with Crippen molar-refractivity contribution in [2.75, 3.05) is 10.6 Å². The van der Waals surface area contributed by atoms with Gasteiger partial charge in [0.15, 0.2) is 5.65 Å². The summed E-state index contributed by atoms with van der Waals surface area (Å²) in [5.74, 6) is -1.10. The number of rotatable bonds is 4. The molecule has 0 saturated heterocycles. The van der Waals surface area contributed by atoms with E-state index in [-0.39, 0.29) is 0 Å². The molecule has 32 heavy (non-hydrogen) atoms. The molecule has 0 unspecified atom stereocenters. The van der Waals surface area contributed by atoms with Crippen LogP contribution in [0.4, 0.5) is 30.5 Å². The highest BCUT2D eigenvalue weighted by Gasteiger charge is 2.38. The Morgan fingerprint density at radius 2 is 1.84 bits per heavy atom. The number of carbonyl (C=O) groups is 1. The Bertz CT molecular complexity index is 1070. The van der Waals surface area contributed by atoms with Crippen LogP contribution in [-0.2, 0) is 4.79 Å². The summed E-state index contributed by atoms with van der Waals surface area (Å²) in [6.45, 7) is 0. The number of carboxylic acids is 1. The highest BCUT2D eigenvalue weighted by molar-refractivity contribution is 6.33. The quantitative estimate of drug-likeness (QED) is 0.445. The molecule has 1 aliphatic carbocycles. The van der Waals surface area contributed by atoms with Crippen molar-refractivity contribution in [1.29, 1.82) is 0 Å². The van der Waals surface area contributed by atoms with Crippen LogP contribution < -0.4 is 16.4 Å². The van der Waals surface area contributed by atoms with E-state index >= 15 is 0 Å². The van der Waals surface area contributed by atoms with Crippen molar-refractivity contribution in [3.63, 3.8) is 0 Å². The summed E-state index contributed by atoms with van der Waals surface area (Å²) in [5, 5.41) is 19.0. The van der Waals surface area contributed by atoms with Crippen LogP contribution in [0, 0.1) is 0 Å². The predicted octanol–water partition coefficient (Wildman–Crippen LogP) is 4.44. The molecule has 8 nitrogen and oxygen atoms in total. The van der Waals surface area contributed by atoms with E-state index in [1.54, 1.807) is 10.7 Å². The van der Waals surface area contributed by atoms with Gasteiger partial charge in [-0.15, -0.1) is 0 Å². The van der Waals surface area contributed by atoms with Gasteiger partial charge in [0.05, 0.1) is 16.9 Å². The molecule has 3 aromatic rings. The van der Waals surface area contributed by atoms with E-state index in [1.165, 1.54) is 0 Å². The number of nitrogens with zero attached hydrogens (tertiary/aromatic N) is 3. The van der Waals surface area contributed by atoms with Crippen molar-refractivity contribution >= 4 is 40.5 Å². The van der Waals surface area contributed by atoms with Gasteiger partial charge in [0.2, 0.25) is 0 Å². The number of fused-ring (bicyclic) bond motifs is 1. The highest BCUT2D eigenvalue weighted by Crippen LogP contribution is 2.27. The minimum absolute atomic E-state index is 0.334. The molecule has 0 spiro atoms. The molecule has 1 aromatic carbocycles. The lowest BCUT2D eigenvalue weighted by Crippen LogP contribution is -2.33. The Morgan fingerprint density at radius 1 is 1.19 bits per heavy atom. The van der Waals surface area contributed by atoms with Crippen LogP contribution >= 0.6 is 11.6 Å². The third kappa shape index (κ3) is 6.24. The smallest absolute Gasteiger partial charge is 0.475 e. The van der Waals surface area contributed by atoms with Crippen molar-refractivity contribution in [1.82, 2.24) is 14.6 Å². The number of aliphatic carboxylic acids is 1. The van der Waals surface area contributed by atoms with Gasteiger partial charge < -0.3 is 21.5 Å². The van der Waals surface area contributed by atoms with Gasteiger partial charge in [-0.05, 0) is 37.8 Å². The average molecular weight is 471 g/mol. The van der Waals surface area contributed by atoms with Crippen molar-refractivity contribution in [3.8, 4) is 0 Å². The maximum absolute atomic E-state index is 10.6. The third-order valence-corrected chi connectivity index (χ3v) is 5.19. The molecule has 1 aliphatic rings. The van der Waals surface area contributed by atoms with E-state index in [0.29, 0.717) is 17.1 Å². The Hall–Kier alpha value is -3.05. The predicted molar refractivity (Wildman–Crippen MR) is 115 cm³/mol. The van der Waals surface area contributed by atoms with Gasteiger partial charge in [-0.25, -0.2) is 9.78 Å². The van der Waals surface area contributed by atoms with Crippen LogP contribution in [0.25, 0.3) is 5.65 Å². The van der Waals surface area contributed by atoms with E-state index in [9.17, 15) is 13.2 Å². The van der Waals surface area contributed by atoms with E-state index in [0.717, 1.165) is 48.7 Å². The highest BCUT2D eigenvalue weighted by atomic mass is 35.5. The van der Waals surface area contributed by atoms with Crippen LogP contribution in [0.3, 0.4) is 0 Å². The Labute approximate surface area is 186 Å². The molecule has 0 aliphatic heterocycles. The van der Waals surface area contributed by atoms with Crippen molar-refractivity contribution in [2.24, 2.45) is 5.73 Å². The van der Waals surface area contributed by atoms with Gasteiger partial charge in [0, 0.05) is 24.2 Å². The second-order valence-corrected chi connectivity index (χ2v) is 7.70. The molecule has 5 N–H and O–H groups in total. The number of aromatic nitrogens is 3. The van der Waals surface area contributed by atoms with Gasteiger partial charge in [0.1, 0.15) is 11.6 Å². The first-order valence-electron chi connectivity index (χ1n) is 9.82. The van der Waals surface area contributed by atoms with E-state index in [4.69, 9.17) is 27.2 Å². The van der Waals surface area contributed by atoms with Gasteiger partial charge in [-0.3, -0.25) is 0 Å². The lowest BCUT2D eigenvalue weighted by atomic mass is 9.92. The summed E-state index contributed by atoms with van der Waals surface area (Å²) in [4.78, 5) is 13.6. The van der Waals surface area contributed by atoms with Gasteiger partial charge in [0.25, 0.3) is 0 Å². The molecule has 0 radical (unpaired) electrons. The summed E-state index contributed by atoms with van der Waals surface area (Å²) in [7, 11) is 0. The number of nitrogens with two attached hydrogens (primary N) is 1. The first kappa shape index (κ1) is 23.6. The zero-order valence-corrected chi connectivity index (χ0v) is 17.6. The standard InChI is InChI=1S/C18H21ClN6.C2HF3O2/c19-14-3-1-2-4-15(14)23-18-11-16(24-17-9-10-21-25(17)18)22-13-7-5-12(20)6-8-13;3-2(4,5)1(6)7/h1-4,9-13,23H,5-8,20H2,(H,22,24);(H,6,7). The molecule has 0 bridgehead atoms. The fraction of sp³-hybridized carbons (Fsp3) is 0.350. The summed E-state index contributed by atoms with van der Waals surface area (Å²) in [6, 6.07) is 12.2. The molecular formula is C20H22ClF3N6O2. The molecule has 172 valence electrons. The Morgan fingerprint density at radius 3 is 2.47 bits per heavy atom. The topological polar surface area (TPSA) is 118 Å². The van der Waals surface area contributed by atoms with E-state index in [1.807, 2.05) is 36.4 Å². The summed E-state index contributed by atoms with van der Waals surface area (Å²) < 4.78 is 33.5. The fourth-order valence-corrected chi connectivity index (χ4v) is 3.43. The Kier molecular flexibility index (Phi) is 7.41. The SMILES string of the molecule is NC1CCC(Nc2cc(Nc3ccccc3Cl)n3nccc3n2)CC1.O=C(O)C(F)(F)F. The van der Waals surface area contributed by atoms with Crippen LogP contribution in [0.1, 0.15) is 25.7 Å². The number of hydrogen-bond acceptors (Lipinski definition) is 6. The maximum Gasteiger partial charge on any atom is 0.490 e. The molecule has 2 aromatic heterocycles. The minimum atomic E-state index is -5.08. The van der Waals surface area contributed by atoms with Gasteiger partial charge >= 0.3 is 12.1 Å². The number of benzene rings is 1. The van der Waals surface area contributed by atoms with Gasteiger partial charge in [-0.1, -0.05) is 23.7 Å². The number of anilines is 3. The molecule has 0 atom stereocenters. The average Bonchev–Trinajstić information content (AvgIpc) is 3.20. The van der Waals surface area contributed by atoms with Crippen molar-refractivity contribution < 1.29 is 23.1 Å². The first-order valence-corrected chi connectivity index (χ1v) is 10.2. The third-order valence-electron chi connectivity index (χ3n) is 4.86. The lowest BCUT2D eigenvalue weighted by molar-refractivity contribution is -0.192. The number of hydrogen-bond donors (Lipinski definition) is 4.